The van der Waals surface area contributed by atoms with E-state index in [1.54, 1.807) is 20.3 Å². The van der Waals surface area contributed by atoms with Crippen molar-refractivity contribution in [1.82, 2.24) is 10.6 Å². The molecule has 2 unspecified atom stereocenters. The third-order valence-corrected chi connectivity index (χ3v) is 5.50. The van der Waals surface area contributed by atoms with E-state index in [0.29, 0.717) is 12.4 Å². The van der Waals surface area contributed by atoms with Crippen LogP contribution in [0, 0.1) is 0 Å². The molecule has 3 aromatic rings. The molecule has 3 aromatic carbocycles. The molecule has 0 amide bonds. The van der Waals surface area contributed by atoms with Gasteiger partial charge in [0.1, 0.15) is 17.7 Å². The smallest absolute Gasteiger partial charge is 0.162 e. The molecule has 1 aliphatic rings. The number of methoxy groups -OCH3 is 2. The summed E-state index contributed by atoms with van der Waals surface area (Å²) >= 11 is 0. The van der Waals surface area contributed by atoms with Crippen LogP contribution in [0.4, 0.5) is 0 Å². The van der Waals surface area contributed by atoms with Gasteiger partial charge < -0.3 is 24.6 Å². The van der Waals surface area contributed by atoms with Gasteiger partial charge in [0.2, 0.25) is 0 Å². The first kappa shape index (κ1) is 21.6. The largest absolute Gasteiger partial charge is 0.504 e. The fraction of sp³-hybridized carbons (Fsp3) is 0.231. The summed E-state index contributed by atoms with van der Waals surface area (Å²) in [6, 6.07) is 21.1. The molecular formula is C26H28N2O4. The van der Waals surface area contributed by atoms with Crippen LogP contribution in [-0.2, 0) is 0 Å². The van der Waals surface area contributed by atoms with Crippen LogP contribution in [0.3, 0.4) is 0 Å². The van der Waals surface area contributed by atoms with Crippen molar-refractivity contribution in [3.63, 3.8) is 0 Å². The molecule has 6 heteroatoms. The Balaban J connectivity index is 1.78. The van der Waals surface area contributed by atoms with Crippen LogP contribution in [0.1, 0.15) is 35.8 Å². The number of hydrogen-bond acceptors (Lipinski definition) is 6. The standard InChI is InChI=1S/C26H28N2O4/c1-4-32-24-11-7-9-19(25(24)29)22-16-21(17-12-14-18(30-2)15-13-17)27-26(28-22)20-8-5-6-10-23(20)31-3/h5-16,22,26-29H,4H2,1-3H3. The molecule has 32 heavy (non-hydrogen) atoms. The van der Waals surface area contributed by atoms with Crippen LogP contribution in [0.25, 0.3) is 5.70 Å². The molecule has 1 aliphatic heterocycles. The van der Waals surface area contributed by atoms with Crippen molar-refractivity contribution in [2.45, 2.75) is 19.1 Å². The van der Waals surface area contributed by atoms with Gasteiger partial charge in [-0.15, -0.1) is 0 Å². The number of benzene rings is 3. The predicted molar refractivity (Wildman–Crippen MR) is 125 cm³/mol. The number of phenols is 1. The first-order chi connectivity index (χ1) is 15.6. The zero-order chi connectivity index (χ0) is 22.5. The molecule has 4 rings (SSSR count). The van der Waals surface area contributed by atoms with Gasteiger partial charge in [-0.05, 0) is 55.0 Å². The Labute approximate surface area is 188 Å². The lowest BCUT2D eigenvalue weighted by Gasteiger charge is -2.34. The topological polar surface area (TPSA) is 72.0 Å². The van der Waals surface area contributed by atoms with Gasteiger partial charge in [0.05, 0.1) is 26.9 Å². The highest BCUT2D eigenvalue weighted by atomic mass is 16.5. The maximum atomic E-state index is 10.9. The molecule has 3 N–H and O–H groups in total. The Morgan fingerprint density at radius 1 is 0.844 bits per heavy atom. The van der Waals surface area contributed by atoms with Crippen molar-refractivity contribution in [3.05, 3.63) is 89.5 Å². The number of phenolic OH excluding ortho intramolecular Hbond substituents is 1. The fourth-order valence-corrected chi connectivity index (χ4v) is 3.90. The highest BCUT2D eigenvalue weighted by molar-refractivity contribution is 5.68. The predicted octanol–water partition coefficient (Wildman–Crippen LogP) is 4.78. The number of rotatable bonds is 7. The molecule has 0 fully saturated rings. The normalized spacial score (nSPS) is 17.8. The lowest BCUT2D eigenvalue weighted by atomic mass is 9.97. The number of ether oxygens (including phenoxy) is 3. The molecule has 0 saturated carbocycles. The van der Waals surface area contributed by atoms with Crippen LogP contribution in [0.15, 0.2) is 72.8 Å². The molecule has 6 nitrogen and oxygen atoms in total. The third-order valence-electron chi connectivity index (χ3n) is 5.50. The number of nitrogens with one attached hydrogen (secondary N) is 2. The fourth-order valence-electron chi connectivity index (χ4n) is 3.90. The van der Waals surface area contributed by atoms with Gasteiger partial charge >= 0.3 is 0 Å². The van der Waals surface area contributed by atoms with Gasteiger partial charge in [0.15, 0.2) is 11.5 Å². The van der Waals surface area contributed by atoms with E-state index in [9.17, 15) is 5.11 Å². The van der Waals surface area contributed by atoms with Crippen LogP contribution in [-0.4, -0.2) is 25.9 Å². The van der Waals surface area contributed by atoms with E-state index in [1.807, 2.05) is 67.6 Å². The summed E-state index contributed by atoms with van der Waals surface area (Å²) in [7, 11) is 3.32. The second-order valence-corrected chi connectivity index (χ2v) is 7.40. The SMILES string of the molecule is CCOc1cccc(C2C=C(c3ccc(OC)cc3)NC(c3ccccc3OC)N2)c1O. The molecule has 2 atom stereocenters. The quantitative estimate of drug-likeness (QED) is 0.499. The van der Waals surface area contributed by atoms with E-state index in [4.69, 9.17) is 14.2 Å². The number of para-hydroxylation sites is 2. The van der Waals surface area contributed by atoms with E-state index >= 15 is 0 Å². The summed E-state index contributed by atoms with van der Waals surface area (Å²) in [6.07, 6.45) is 1.83. The average Bonchev–Trinajstić information content (AvgIpc) is 2.85. The monoisotopic (exact) mass is 432 g/mol. The van der Waals surface area contributed by atoms with Crippen molar-refractivity contribution in [1.29, 1.82) is 0 Å². The first-order valence-corrected chi connectivity index (χ1v) is 10.6. The Morgan fingerprint density at radius 2 is 1.56 bits per heavy atom. The highest BCUT2D eigenvalue weighted by Crippen LogP contribution is 2.39. The average molecular weight is 433 g/mol. The van der Waals surface area contributed by atoms with Gasteiger partial charge in [0.25, 0.3) is 0 Å². The Morgan fingerprint density at radius 3 is 2.28 bits per heavy atom. The molecular weight excluding hydrogens is 404 g/mol. The van der Waals surface area contributed by atoms with Crippen molar-refractivity contribution in [3.8, 4) is 23.0 Å². The Kier molecular flexibility index (Phi) is 6.52. The van der Waals surface area contributed by atoms with Gasteiger partial charge in [-0.25, -0.2) is 0 Å². The lowest BCUT2D eigenvalue weighted by molar-refractivity contribution is 0.314. The molecule has 1 heterocycles. The number of hydrogen-bond donors (Lipinski definition) is 3. The van der Waals surface area contributed by atoms with E-state index < -0.39 is 0 Å². The molecule has 0 aliphatic carbocycles. The maximum Gasteiger partial charge on any atom is 0.162 e. The van der Waals surface area contributed by atoms with Crippen molar-refractivity contribution >= 4 is 5.70 Å². The molecule has 0 bridgehead atoms. The van der Waals surface area contributed by atoms with E-state index in [-0.39, 0.29) is 18.0 Å². The molecule has 0 spiro atoms. The highest BCUT2D eigenvalue weighted by Gasteiger charge is 2.28. The zero-order valence-corrected chi connectivity index (χ0v) is 18.5. The Bertz CT molecular complexity index is 1100. The minimum absolute atomic E-state index is 0.137. The van der Waals surface area contributed by atoms with Crippen molar-refractivity contribution in [2.75, 3.05) is 20.8 Å². The zero-order valence-electron chi connectivity index (χ0n) is 18.5. The minimum Gasteiger partial charge on any atom is -0.504 e. The first-order valence-electron chi connectivity index (χ1n) is 10.6. The van der Waals surface area contributed by atoms with E-state index in [1.165, 1.54) is 0 Å². The van der Waals surface area contributed by atoms with E-state index in [2.05, 4.69) is 16.7 Å². The second-order valence-electron chi connectivity index (χ2n) is 7.40. The molecule has 166 valence electrons. The summed E-state index contributed by atoms with van der Waals surface area (Å²) in [5, 5.41) is 18.1. The van der Waals surface area contributed by atoms with Crippen LogP contribution in [0.5, 0.6) is 23.0 Å². The summed E-state index contributed by atoms with van der Waals surface area (Å²) in [5.74, 6) is 2.18. The third kappa shape index (κ3) is 4.36. The summed E-state index contributed by atoms with van der Waals surface area (Å²) in [4.78, 5) is 0. The van der Waals surface area contributed by atoms with Gasteiger partial charge in [-0.1, -0.05) is 30.3 Å². The van der Waals surface area contributed by atoms with Crippen molar-refractivity contribution in [2.24, 2.45) is 0 Å². The lowest BCUT2D eigenvalue weighted by Crippen LogP contribution is -2.39. The van der Waals surface area contributed by atoms with Gasteiger partial charge in [0, 0.05) is 16.8 Å². The summed E-state index contributed by atoms with van der Waals surface area (Å²) < 4.78 is 16.5. The Hall–Kier alpha value is -3.64. The molecule has 0 saturated heterocycles. The second kappa shape index (κ2) is 9.66. The summed E-state index contributed by atoms with van der Waals surface area (Å²) in [6.45, 7) is 2.38. The van der Waals surface area contributed by atoms with Crippen LogP contribution >= 0.6 is 0 Å². The van der Waals surface area contributed by atoms with Crippen LogP contribution in [0.2, 0.25) is 0 Å². The molecule has 0 aromatic heterocycles. The van der Waals surface area contributed by atoms with E-state index in [0.717, 1.165) is 33.9 Å². The summed E-state index contributed by atoms with van der Waals surface area (Å²) in [5.41, 5.74) is 3.66. The van der Waals surface area contributed by atoms with Crippen LogP contribution < -0.4 is 24.8 Å². The van der Waals surface area contributed by atoms with Gasteiger partial charge in [-0.2, -0.15) is 0 Å². The number of aromatic hydroxyl groups is 1. The maximum absolute atomic E-state index is 10.9. The van der Waals surface area contributed by atoms with Crippen molar-refractivity contribution < 1.29 is 19.3 Å². The molecule has 0 radical (unpaired) electrons. The van der Waals surface area contributed by atoms with Gasteiger partial charge in [-0.3, -0.25) is 5.32 Å². The minimum atomic E-state index is -0.260.